The van der Waals surface area contributed by atoms with Gasteiger partial charge in [-0.05, 0) is 48.9 Å². The van der Waals surface area contributed by atoms with Crippen molar-refractivity contribution < 1.29 is 14.7 Å². The number of carboxylic acid groups (broad SMARTS) is 1. The molecule has 0 bridgehead atoms. The lowest BCUT2D eigenvalue weighted by molar-refractivity contribution is -0.138. The standard InChI is InChI=1S/C20H21NO3/c1-13(20(23)24)16-8-5-9-17(12-16)21-19(22)18(15-10-11-15)14-6-3-2-4-7-14/h2-9,12-13,15,18H,10-11H2,1H3,(H,21,22)(H,23,24). The maximum Gasteiger partial charge on any atom is 0.310 e. The Morgan fingerprint density at radius 2 is 1.71 bits per heavy atom. The largest absolute Gasteiger partial charge is 0.481 e. The average molecular weight is 323 g/mol. The van der Waals surface area contributed by atoms with E-state index in [4.69, 9.17) is 5.11 Å². The molecule has 1 fully saturated rings. The lowest BCUT2D eigenvalue weighted by Gasteiger charge is -2.17. The highest BCUT2D eigenvalue weighted by Gasteiger charge is 2.37. The van der Waals surface area contributed by atoms with Gasteiger partial charge in [0.05, 0.1) is 11.8 Å². The molecule has 0 aromatic heterocycles. The normalized spacial score (nSPS) is 16.2. The van der Waals surface area contributed by atoms with Crippen molar-refractivity contribution in [1.29, 1.82) is 0 Å². The van der Waals surface area contributed by atoms with Gasteiger partial charge in [-0.25, -0.2) is 0 Å². The molecule has 1 aliphatic rings. The van der Waals surface area contributed by atoms with E-state index in [0.29, 0.717) is 17.2 Å². The van der Waals surface area contributed by atoms with Gasteiger partial charge in [0.15, 0.2) is 0 Å². The first-order chi connectivity index (χ1) is 11.6. The van der Waals surface area contributed by atoms with Gasteiger partial charge in [0, 0.05) is 5.69 Å². The highest BCUT2D eigenvalue weighted by atomic mass is 16.4. The number of carbonyl (C=O) groups excluding carboxylic acids is 1. The summed E-state index contributed by atoms with van der Waals surface area (Å²) in [5.41, 5.74) is 2.36. The fourth-order valence-electron chi connectivity index (χ4n) is 2.98. The molecule has 0 spiro atoms. The Morgan fingerprint density at radius 1 is 1.04 bits per heavy atom. The van der Waals surface area contributed by atoms with E-state index in [2.05, 4.69) is 5.32 Å². The van der Waals surface area contributed by atoms with Crippen LogP contribution in [0, 0.1) is 5.92 Å². The summed E-state index contributed by atoms with van der Waals surface area (Å²) >= 11 is 0. The predicted molar refractivity (Wildman–Crippen MR) is 93.0 cm³/mol. The zero-order chi connectivity index (χ0) is 17.1. The summed E-state index contributed by atoms with van der Waals surface area (Å²) in [5.74, 6) is -1.25. The second kappa shape index (κ2) is 6.87. The van der Waals surface area contributed by atoms with Crippen molar-refractivity contribution in [3.8, 4) is 0 Å². The molecule has 0 heterocycles. The Labute approximate surface area is 141 Å². The summed E-state index contributed by atoms with van der Waals surface area (Å²) in [6.07, 6.45) is 2.14. The Hall–Kier alpha value is -2.62. The highest BCUT2D eigenvalue weighted by Crippen LogP contribution is 2.43. The summed E-state index contributed by atoms with van der Waals surface area (Å²) < 4.78 is 0. The van der Waals surface area contributed by atoms with E-state index < -0.39 is 11.9 Å². The zero-order valence-corrected chi connectivity index (χ0v) is 13.6. The predicted octanol–water partition coefficient (Wildman–Crippen LogP) is 4.01. The first-order valence-corrected chi connectivity index (χ1v) is 8.25. The number of amides is 1. The molecule has 4 heteroatoms. The van der Waals surface area contributed by atoms with Crippen LogP contribution in [0.2, 0.25) is 0 Å². The Balaban J connectivity index is 1.78. The molecule has 1 saturated carbocycles. The number of hydrogen-bond acceptors (Lipinski definition) is 2. The van der Waals surface area contributed by atoms with E-state index >= 15 is 0 Å². The number of hydrogen-bond donors (Lipinski definition) is 2. The molecule has 2 unspecified atom stereocenters. The van der Waals surface area contributed by atoms with Crippen LogP contribution in [-0.4, -0.2) is 17.0 Å². The first kappa shape index (κ1) is 16.2. The number of carbonyl (C=O) groups is 2. The summed E-state index contributed by atoms with van der Waals surface area (Å²) in [7, 11) is 0. The van der Waals surface area contributed by atoms with E-state index in [-0.39, 0.29) is 11.8 Å². The van der Waals surface area contributed by atoms with Crippen molar-refractivity contribution in [2.75, 3.05) is 5.32 Å². The third-order valence-electron chi connectivity index (χ3n) is 4.56. The van der Waals surface area contributed by atoms with Crippen LogP contribution in [0.1, 0.15) is 42.7 Å². The summed E-state index contributed by atoms with van der Waals surface area (Å²) in [6.45, 7) is 1.64. The number of nitrogens with one attached hydrogen (secondary N) is 1. The molecule has 1 amide bonds. The van der Waals surface area contributed by atoms with Crippen molar-refractivity contribution in [2.24, 2.45) is 5.92 Å². The van der Waals surface area contributed by atoms with Crippen molar-refractivity contribution in [2.45, 2.75) is 31.6 Å². The van der Waals surface area contributed by atoms with E-state index in [1.54, 1.807) is 31.2 Å². The minimum absolute atomic E-state index is 0.0242. The van der Waals surface area contributed by atoms with Gasteiger partial charge in [-0.3, -0.25) is 9.59 Å². The molecule has 4 nitrogen and oxygen atoms in total. The molecule has 3 rings (SSSR count). The molecular formula is C20H21NO3. The summed E-state index contributed by atoms with van der Waals surface area (Å²) in [5, 5.41) is 12.1. The second-order valence-corrected chi connectivity index (χ2v) is 6.40. The molecule has 0 saturated heterocycles. The average Bonchev–Trinajstić information content (AvgIpc) is 3.40. The fourth-order valence-corrected chi connectivity index (χ4v) is 2.98. The van der Waals surface area contributed by atoms with Crippen LogP contribution in [-0.2, 0) is 9.59 Å². The molecule has 2 aromatic carbocycles. The number of carboxylic acids is 1. The topological polar surface area (TPSA) is 66.4 Å². The third-order valence-corrected chi connectivity index (χ3v) is 4.56. The number of anilines is 1. The Bertz CT molecular complexity index is 738. The Morgan fingerprint density at radius 3 is 2.33 bits per heavy atom. The maximum absolute atomic E-state index is 12.8. The lowest BCUT2D eigenvalue weighted by atomic mass is 9.93. The minimum Gasteiger partial charge on any atom is -0.481 e. The zero-order valence-electron chi connectivity index (χ0n) is 13.6. The summed E-state index contributed by atoms with van der Waals surface area (Å²) in [6, 6.07) is 16.9. The molecule has 1 aliphatic carbocycles. The maximum atomic E-state index is 12.8. The molecular weight excluding hydrogens is 302 g/mol. The molecule has 24 heavy (non-hydrogen) atoms. The van der Waals surface area contributed by atoms with Crippen LogP contribution >= 0.6 is 0 Å². The summed E-state index contributed by atoms with van der Waals surface area (Å²) in [4.78, 5) is 23.9. The quantitative estimate of drug-likeness (QED) is 0.844. The molecule has 0 aliphatic heterocycles. The van der Waals surface area contributed by atoms with Crippen LogP contribution in [0.25, 0.3) is 0 Å². The number of benzene rings is 2. The van der Waals surface area contributed by atoms with Gasteiger partial charge in [0.2, 0.25) is 5.91 Å². The third kappa shape index (κ3) is 3.65. The SMILES string of the molecule is CC(C(=O)O)c1cccc(NC(=O)C(c2ccccc2)C2CC2)c1. The number of aliphatic carboxylic acids is 1. The second-order valence-electron chi connectivity index (χ2n) is 6.40. The van der Waals surface area contributed by atoms with Crippen molar-refractivity contribution in [3.63, 3.8) is 0 Å². The van der Waals surface area contributed by atoms with Gasteiger partial charge in [0.1, 0.15) is 0 Å². The van der Waals surface area contributed by atoms with E-state index in [1.165, 1.54) is 0 Å². The smallest absolute Gasteiger partial charge is 0.310 e. The molecule has 2 N–H and O–H groups in total. The highest BCUT2D eigenvalue weighted by molar-refractivity contribution is 5.96. The van der Waals surface area contributed by atoms with Crippen LogP contribution in [0.3, 0.4) is 0 Å². The van der Waals surface area contributed by atoms with Gasteiger partial charge in [0.25, 0.3) is 0 Å². The first-order valence-electron chi connectivity index (χ1n) is 8.25. The van der Waals surface area contributed by atoms with Gasteiger partial charge >= 0.3 is 5.97 Å². The van der Waals surface area contributed by atoms with Gasteiger partial charge in [-0.2, -0.15) is 0 Å². The van der Waals surface area contributed by atoms with Gasteiger partial charge in [-0.15, -0.1) is 0 Å². The van der Waals surface area contributed by atoms with Crippen LogP contribution in [0.15, 0.2) is 54.6 Å². The van der Waals surface area contributed by atoms with Crippen LogP contribution in [0.5, 0.6) is 0 Å². The monoisotopic (exact) mass is 323 g/mol. The van der Waals surface area contributed by atoms with Crippen LogP contribution < -0.4 is 5.32 Å². The lowest BCUT2D eigenvalue weighted by Crippen LogP contribution is -2.23. The van der Waals surface area contributed by atoms with Gasteiger partial charge in [-0.1, -0.05) is 42.5 Å². The molecule has 2 aromatic rings. The van der Waals surface area contributed by atoms with E-state index in [0.717, 1.165) is 18.4 Å². The van der Waals surface area contributed by atoms with Crippen molar-refractivity contribution in [1.82, 2.24) is 0 Å². The molecule has 0 radical (unpaired) electrons. The Kier molecular flexibility index (Phi) is 4.65. The van der Waals surface area contributed by atoms with E-state index in [1.807, 2.05) is 30.3 Å². The van der Waals surface area contributed by atoms with Crippen molar-refractivity contribution in [3.05, 3.63) is 65.7 Å². The van der Waals surface area contributed by atoms with Crippen molar-refractivity contribution >= 4 is 17.6 Å². The molecule has 2 atom stereocenters. The number of rotatable bonds is 6. The van der Waals surface area contributed by atoms with Gasteiger partial charge < -0.3 is 10.4 Å². The van der Waals surface area contributed by atoms with E-state index in [9.17, 15) is 9.59 Å². The fraction of sp³-hybridized carbons (Fsp3) is 0.300. The minimum atomic E-state index is -0.876. The van der Waals surface area contributed by atoms with Crippen LogP contribution in [0.4, 0.5) is 5.69 Å². The molecule has 124 valence electrons.